The Morgan fingerprint density at radius 3 is 2.06 bits per heavy atom. The summed E-state index contributed by atoms with van der Waals surface area (Å²) in [6, 6.07) is 22.8. The van der Waals surface area contributed by atoms with Crippen LogP contribution in [-0.2, 0) is 11.1 Å². The fourth-order valence-corrected chi connectivity index (χ4v) is 3.24. The van der Waals surface area contributed by atoms with Gasteiger partial charge in [-0.15, -0.1) is 0 Å². The van der Waals surface area contributed by atoms with Crippen LogP contribution in [0.1, 0.15) is 25.0 Å². The van der Waals surface area contributed by atoms with Crippen molar-refractivity contribution < 1.29 is 14.6 Å². The molecule has 9 heteroatoms. The molecule has 3 aromatic carbocycles. The first-order chi connectivity index (χ1) is 15.7. The van der Waals surface area contributed by atoms with Crippen LogP contribution in [0.25, 0.3) is 0 Å². The van der Waals surface area contributed by atoms with Crippen LogP contribution in [0.3, 0.4) is 0 Å². The van der Waals surface area contributed by atoms with Gasteiger partial charge in [-0.05, 0) is 31.0 Å². The number of nitro groups is 2. The molecule has 0 radical (unpaired) electrons. The third-order valence-corrected chi connectivity index (χ3v) is 5.58. The minimum absolute atomic E-state index is 0.0718. The number of hydrogen-bond acceptors (Lipinski definition) is 7. The van der Waals surface area contributed by atoms with Gasteiger partial charge in [-0.25, -0.2) is 0 Å². The molecular weight excluding hydrogens is 424 g/mol. The minimum Gasteiger partial charge on any atom is -0.474 e. The molecule has 3 N–H and O–H groups in total. The lowest BCUT2D eigenvalue weighted by molar-refractivity contribution is -0.395. The Labute approximate surface area is 191 Å². The first kappa shape index (κ1) is 23.8. The van der Waals surface area contributed by atoms with Crippen molar-refractivity contribution in [3.8, 4) is 5.75 Å². The van der Waals surface area contributed by atoms with E-state index < -0.39 is 21.1 Å². The van der Waals surface area contributed by atoms with Gasteiger partial charge in [0.15, 0.2) is 5.75 Å². The summed E-state index contributed by atoms with van der Waals surface area (Å²) in [6.45, 7) is 5.12. The first-order valence-electron chi connectivity index (χ1n) is 10.4. The number of non-ortho nitro benzene ring substituents is 1. The summed E-state index contributed by atoms with van der Waals surface area (Å²) >= 11 is 0. The van der Waals surface area contributed by atoms with Gasteiger partial charge in [-0.2, -0.15) is 0 Å². The van der Waals surface area contributed by atoms with Crippen molar-refractivity contribution in [2.75, 3.05) is 13.1 Å². The lowest BCUT2D eigenvalue weighted by Gasteiger charge is -2.29. The van der Waals surface area contributed by atoms with Crippen molar-refractivity contribution in [1.82, 2.24) is 5.32 Å². The molecular formula is C24H26N4O5. The van der Waals surface area contributed by atoms with Crippen molar-refractivity contribution in [1.29, 1.82) is 0 Å². The molecule has 1 aliphatic heterocycles. The van der Waals surface area contributed by atoms with Crippen LogP contribution in [-0.4, -0.2) is 22.9 Å². The quantitative estimate of drug-likeness (QED) is 0.311. The molecule has 0 aromatic heterocycles. The molecule has 1 fully saturated rings. The second kappa shape index (κ2) is 9.76. The molecule has 0 aliphatic carbocycles. The maximum absolute atomic E-state index is 11.2. The molecule has 2 atom stereocenters. The summed E-state index contributed by atoms with van der Waals surface area (Å²) < 4.78 is 5.78. The fourth-order valence-electron chi connectivity index (χ4n) is 3.24. The molecule has 1 heterocycles. The molecule has 0 spiro atoms. The zero-order chi connectivity index (χ0) is 24.1. The Hall–Kier alpha value is -3.82. The van der Waals surface area contributed by atoms with E-state index in [-0.39, 0.29) is 18.0 Å². The zero-order valence-electron chi connectivity index (χ0n) is 18.4. The van der Waals surface area contributed by atoms with Gasteiger partial charge in [0, 0.05) is 19.2 Å². The van der Waals surface area contributed by atoms with E-state index in [2.05, 4.69) is 42.6 Å². The molecule has 3 aromatic rings. The summed E-state index contributed by atoms with van der Waals surface area (Å²) in [6.07, 6.45) is 0. The number of rotatable bonds is 7. The number of nitrogens with two attached hydrogens (primary N) is 1. The standard InChI is InChI=1S/C15H15N3O5.C9H11N/c1-15(10-16,11-5-3-2-4-6-11)23-14-8-7-12(17(19)20)9-13(14)18(21)22;1-9(7-10-9)8-5-3-2-4-6-8/h2-9H,10,16H2,1H3;2-6,10H,7H2,1H3. The van der Waals surface area contributed by atoms with E-state index >= 15 is 0 Å². The molecule has 2 unspecified atom stereocenters. The number of nitrogens with zero attached hydrogens (tertiary/aromatic N) is 2. The highest BCUT2D eigenvalue weighted by Gasteiger charge is 2.37. The first-order valence-corrected chi connectivity index (χ1v) is 10.4. The minimum atomic E-state index is -0.998. The van der Waals surface area contributed by atoms with E-state index in [1.54, 1.807) is 31.2 Å². The van der Waals surface area contributed by atoms with E-state index in [0.29, 0.717) is 5.54 Å². The molecule has 0 bridgehead atoms. The van der Waals surface area contributed by atoms with Crippen molar-refractivity contribution in [3.05, 3.63) is 110 Å². The average Bonchev–Trinajstić information content (AvgIpc) is 3.59. The number of benzene rings is 3. The van der Waals surface area contributed by atoms with Gasteiger partial charge in [0.1, 0.15) is 5.60 Å². The smallest absolute Gasteiger partial charge is 0.317 e. The Morgan fingerprint density at radius 1 is 1.00 bits per heavy atom. The molecule has 9 nitrogen and oxygen atoms in total. The molecule has 1 saturated heterocycles. The zero-order valence-corrected chi connectivity index (χ0v) is 18.4. The topological polar surface area (TPSA) is 143 Å². The SMILES string of the molecule is CC(CN)(Oc1ccc([N+](=O)[O-])cc1[N+](=O)[O-])c1ccccc1.CC1(c2ccccc2)CN1. The van der Waals surface area contributed by atoms with E-state index in [4.69, 9.17) is 10.5 Å². The van der Waals surface area contributed by atoms with Gasteiger partial charge in [-0.1, -0.05) is 60.7 Å². The second-order valence-corrected chi connectivity index (χ2v) is 8.12. The maximum atomic E-state index is 11.2. The van der Waals surface area contributed by atoms with Crippen molar-refractivity contribution >= 4 is 11.4 Å². The van der Waals surface area contributed by atoms with Crippen LogP contribution in [0.15, 0.2) is 78.9 Å². The summed E-state index contributed by atoms with van der Waals surface area (Å²) in [4.78, 5) is 20.5. The molecule has 33 heavy (non-hydrogen) atoms. The van der Waals surface area contributed by atoms with Gasteiger partial charge >= 0.3 is 5.69 Å². The number of ether oxygens (including phenoxy) is 1. The van der Waals surface area contributed by atoms with Gasteiger partial charge in [0.2, 0.25) is 0 Å². The van der Waals surface area contributed by atoms with Gasteiger partial charge in [0.05, 0.1) is 21.5 Å². The average molecular weight is 450 g/mol. The van der Waals surface area contributed by atoms with Gasteiger partial charge in [0.25, 0.3) is 5.69 Å². The molecule has 0 amide bonds. The summed E-state index contributed by atoms with van der Waals surface area (Å²) in [5.41, 5.74) is 6.37. The van der Waals surface area contributed by atoms with Crippen LogP contribution in [0.2, 0.25) is 0 Å². The largest absolute Gasteiger partial charge is 0.474 e. The summed E-state index contributed by atoms with van der Waals surface area (Å²) in [5, 5.41) is 25.3. The fraction of sp³-hybridized carbons (Fsp3) is 0.250. The van der Waals surface area contributed by atoms with Crippen molar-refractivity contribution in [2.45, 2.75) is 25.0 Å². The van der Waals surface area contributed by atoms with Gasteiger partial charge in [-0.3, -0.25) is 20.2 Å². The Kier molecular flexibility index (Phi) is 7.05. The summed E-state index contributed by atoms with van der Waals surface area (Å²) in [7, 11) is 0. The van der Waals surface area contributed by atoms with E-state index in [0.717, 1.165) is 24.2 Å². The van der Waals surface area contributed by atoms with Crippen LogP contribution < -0.4 is 15.8 Å². The highest BCUT2D eigenvalue weighted by Crippen LogP contribution is 2.36. The third-order valence-electron chi connectivity index (χ3n) is 5.58. The van der Waals surface area contributed by atoms with Crippen LogP contribution in [0.5, 0.6) is 5.75 Å². The second-order valence-electron chi connectivity index (χ2n) is 8.12. The molecule has 4 rings (SSSR count). The van der Waals surface area contributed by atoms with Gasteiger partial charge < -0.3 is 15.8 Å². The predicted octanol–water partition coefficient (Wildman–Crippen LogP) is 4.26. The monoisotopic (exact) mass is 450 g/mol. The maximum Gasteiger partial charge on any atom is 0.317 e. The lowest BCUT2D eigenvalue weighted by atomic mass is 9.96. The van der Waals surface area contributed by atoms with Crippen LogP contribution in [0, 0.1) is 20.2 Å². The number of nitro benzene ring substituents is 2. The Morgan fingerprint density at radius 2 is 1.58 bits per heavy atom. The Balaban J connectivity index is 0.000000252. The molecule has 1 aliphatic rings. The molecule has 0 saturated carbocycles. The third kappa shape index (κ3) is 5.71. The van der Waals surface area contributed by atoms with E-state index in [9.17, 15) is 20.2 Å². The normalized spacial score (nSPS) is 18.3. The Bertz CT molecular complexity index is 1120. The highest BCUT2D eigenvalue weighted by molar-refractivity contribution is 5.54. The van der Waals surface area contributed by atoms with Crippen LogP contribution in [0.4, 0.5) is 11.4 Å². The van der Waals surface area contributed by atoms with E-state index in [1.807, 2.05) is 6.07 Å². The predicted molar refractivity (Wildman–Crippen MR) is 125 cm³/mol. The van der Waals surface area contributed by atoms with Crippen molar-refractivity contribution in [2.24, 2.45) is 5.73 Å². The number of nitrogens with one attached hydrogen (secondary N) is 1. The van der Waals surface area contributed by atoms with E-state index in [1.165, 1.54) is 11.6 Å². The number of hydrogen-bond donors (Lipinski definition) is 2. The summed E-state index contributed by atoms with van der Waals surface area (Å²) in [5.74, 6) is -0.0718. The van der Waals surface area contributed by atoms with Crippen molar-refractivity contribution in [3.63, 3.8) is 0 Å². The lowest BCUT2D eigenvalue weighted by Crippen LogP contribution is -2.37. The molecule has 172 valence electrons. The van der Waals surface area contributed by atoms with Crippen LogP contribution >= 0.6 is 0 Å². The highest BCUT2D eigenvalue weighted by atomic mass is 16.6.